The number of benzene rings is 2. The van der Waals surface area contributed by atoms with Crippen LogP contribution in [0.2, 0.25) is 0 Å². The molecule has 0 bridgehead atoms. The van der Waals surface area contributed by atoms with E-state index >= 15 is 0 Å². The molecular weight excluding hydrogens is 516 g/mol. The van der Waals surface area contributed by atoms with Gasteiger partial charge in [0.25, 0.3) is 0 Å². The lowest BCUT2D eigenvalue weighted by molar-refractivity contribution is -0.143. The van der Waals surface area contributed by atoms with Crippen LogP contribution in [0, 0.1) is 11.7 Å². The molecule has 0 saturated carbocycles. The first-order chi connectivity index (χ1) is 18.5. The molecule has 1 aliphatic rings. The lowest BCUT2D eigenvalue weighted by atomic mass is 9.86. The normalized spacial score (nSPS) is 15.2. The lowest BCUT2D eigenvalue weighted by Crippen LogP contribution is -2.39. The Morgan fingerprint density at radius 2 is 1.82 bits per heavy atom. The van der Waals surface area contributed by atoms with Gasteiger partial charge in [-0.05, 0) is 73.2 Å². The largest absolute Gasteiger partial charge is 0.496 e. The maximum Gasteiger partial charge on any atom is 0.416 e. The molecule has 2 amide bonds. The molecular formula is C29H32F4N2O4. The predicted octanol–water partition coefficient (Wildman–Crippen LogP) is 6.46. The fraction of sp³-hybridized carbons (Fsp3) is 0.379. The second kappa shape index (κ2) is 13.3. The monoisotopic (exact) mass is 548 g/mol. The average molecular weight is 549 g/mol. The van der Waals surface area contributed by atoms with Crippen molar-refractivity contribution in [1.29, 1.82) is 0 Å². The minimum atomic E-state index is -4.58. The summed E-state index contributed by atoms with van der Waals surface area (Å²) >= 11 is 0. The molecule has 0 aromatic heterocycles. The second-order valence-electron chi connectivity index (χ2n) is 9.03. The third-order valence-corrected chi connectivity index (χ3v) is 6.34. The summed E-state index contributed by atoms with van der Waals surface area (Å²) in [7, 11) is 1.47. The van der Waals surface area contributed by atoms with Crippen LogP contribution in [0.5, 0.6) is 0 Å². The van der Waals surface area contributed by atoms with Crippen LogP contribution in [-0.4, -0.2) is 37.2 Å². The van der Waals surface area contributed by atoms with Gasteiger partial charge < -0.3 is 19.7 Å². The van der Waals surface area contributed by atoms with Crippen molar-refractivity contribution in [3.63, 3.8) is 0 Å². The van der Waals surface area contributed by atoms with Crippen LogP contribution in [0.1, 0.15) is 48.9 Å². The number of ether oxygens (including phenoxy) is 2. The molecule has 0 fully saturated rings. The van der Waals surface area contributed by atoms with Crippen LogP contribution < -0.4 is 5.32 Å². The molecule has 0 radical (unpaired) electrons. The maximum atomic E-state index is 13.7. The first-order valence-electron chi connectivity index (χ1n) is 12.6. The van der Waals surface area contributed by atoms with E-state index in [0.29, 0.717) is 28.9 Å². The van der Waals surface area contributed by atoms with Crippen LogP contribution in [0.15, 0.2) is 60.4 Å². The minimum absolute atomic E-state index is 0.109. The maximum absolute atomic E-state index is 13.7. The highest BCUT2D eigenvalue weighted by molar-refractivity contribution is 5.82. The number of halogens is 4. The summed E-state index contributed by atoms with van der Waals surface area (Å²) in [6, 6.07) is 8.56. The Kier molecular flexibility index (Phi) is 10.1. The number of nitrogens with zero attached hydrogens (tertiary/aromatic N) is 1. The fourth-order valence-corrected chi connectivity index (χ4v) is 4.33. The summed E-state index contributed by atoms with van der Waals surface area (Å²) in [5, 5.41) is 2.73. The zero-order valence-corrected chi connectivity index (χ0v) is 22.1. The second-order valence-corrected chi connectivity index (χ2v) is 9.03. The van der Waals surface area contributed by atoms with Gasteiger partial charge in [0.05, 0.1) is 25.7 Å². The van der Waals surface area contributed by atoms with Gasteiger partial charge in [0.15, 0.2) is 0 Å². The van der Waals surface area contributed by atoms with Crippen molar-refractivity contribution >= 4 is 17.6 Å². The van der Waals surface area contributed by atoms with Crippen molar-refractivity contribution in [3.8, 4) is 0 Å². The number of nitrogens with one attached hydrogen (secondary N) is 1. The topological polar surface area (TPSA) is 67.9 Å². The lowest BCUT2D eigenvalue weighted by Gasteiger charge is -2.26. The highest BCUT2D eigenvalue weighted by atomic mass is 19.4. The molecule has 1 atom stereocenters. The highest BCUT2D eigenvalue weighted by Gasteiger charge is 2.32. The molecule has 210 valence electrons. The Morgan fingerprint density at radius 1 is 1.10 bits per heavy atom. The SMILES string of the molecule is CCOC(=O)CC1C=C(c2ccc(C(F)(F)F)cc2CN(CC)C(=O)NCc2ccc(F)cc2)C(OC)=CC1. The van der Waals surface area contributed by atoms with E-state index in [2.05, 4.69) is 5.32 Å². The first-order valence-corrected chi connectivity index (χ1v) is 12.6. The molecule has 0 spiro atoms. The molecule has 39 heavy (non-hydrogen) atoms. The molecule has 2 aromatic carbocycles. The molecule has 2 aromatic rings. The van der Waals surface area contributed by atoms with Crippen LogP contribution in [-0.2, 0) is 33.5 Å². The van der Waals surface area contributed by atoms with Crippen LogP contribution in [0.4, 0.5) is 22.4 Å². The van der Waals surface area contributed by atoms with Gasteiger partial charge in [-0.3, -0.25) is 4.79 Å². The molecule has 3 rings (SSSR count). The third-order valence-electron chi connectivity index (χ3n) is 6.34. The Morgan fingerprint density at radius 3 is 2.44 bits per heavy atom. The van der Waals surface area contributed by atoms with E-state index in [4.69, 9.17) is 9.47 Å². The van der Waals surface area contributed by atoms with Gasteiger partial charge in [0, 0.05) is 25.2 Å². The van der Waals surface area contributed by atoms with E-state index in [9.17, 15) is 27.2 Å². The molecule has 1 aliphatic carbocycles. The summed E-state index contributed by atoms with van der Waals surface area (Å²) in [5.41, 5.74) is 1.12. The summed E-state index contributed by atoms with van der Waals surface area (Å²) < 4.78 is 64.7. The Bertz CT molecular complexity index is 1220. The number of esters is 1. The number of urea groups is 1. The molecule has 0 saturated heterocycles. The molecule has 1 unspecified atom stereocenters. The van der Waals surface area contributed by atoms with Crippen molar-refractivity contribution < 1.29 is 36.6 Å². The molecule has 6 nitrogen and oxygen atoms in total. The van der Waals surface area contributed by atoms with Crippen LogP contribution in [0.25, 0.3) is 5.57 Å². The molecule has 0 aliphatic heterocycles. The van der Waals surface area contributed by atoms with Crippen molar-refractivity contribution in [3.05, 3.63) is 88.4 Å². The van der Waals surface area contributed by atoms with E-state index in [-0.39, 0.29) is 50.1 Å². The number of allylic oxidation sites excluding steroid dienone is 3. The van der Waals surface area contributed by atoms with E-state index in [1.807, 2.05) is 6.08 Å². The zero-order valence-electron chi connectivity index (χ0n) is 22.1. The van der Waals surface area contributed by atoms with E-state index in [1.54, 1.807) is 19.9 Å². The summed E-state index contributed by atoms with van der Waals surface area (Å²) in [6.45, 7) is 3.93. The summed E-state index contributed by atoms with van der Waals surface area (Å²) in [5.74, 6) is -0.521. The Balaban J connectivity index is 1.92. The van der Waals surface area contributed by atoms with E-state index in [0.717, 1.165) is 12.1 Å². The zero-order chi connectivity index (χ0) is 28.6. The number of alkyl halides is 3. The van der Waals surface area contributed by atoms with Gasteiger partial charge in [-0.2, -0.15) is 13.2 Å². The first kappa shape index (κ1) is 29.7. The van der Waals surface area contributed by atoms with Crippen molar-refractivity contribution in [2.45, 2.75) is 46.0 Å². The van der Waals surface area contributed by atoms with Crippen LogP contribution in [0.3, 0.4) is 0 Å². The summed E-state index contributed by atoms with van der Waals surface area (Å²) in [4.78, 5) is 26.4. The average Bonchev–Trinajstić information content (AvgIpc) is 2.90. The van der Waals surface area contributed by atoms with Gasteiger partial charge in [-0.1, -0.05) is 24.3 Å². The molecule has 0 heterocycles. The number of hydrogen-bond donors (Lipinski definition) is 1. The van der Waals surface area contributed by atoms with E-state index in [1.165, 1.54) is 42.3 Å². The van der Waals surface area contributed by atoms with Gasteiger partial charge >= 0.3 is 18.2 Å². The van der Waals surface area contributed by atoms with E-state index < -0.39 is 23.6 Å². The highest BCUT2D eigenvalue weighted by Crippen LogP contribution is 2.37. The number of rotatable bonds is 10. The summed E-state index contributed by atoms with van der Waals surface area (Å²) in [6.07, 6.45) is -0.342. The molecule has 10 heteroatoms. The Labute approximate surface area is 225 Å². The number of methoxy groups -OCH3 is 1. The number of amides is 2. The van der Waals surface area contributed by atoms with Gasteiger partial charge in [0.1, 0.15) is 11.6 Å². The van der Waals surface area contributed by atoms with Gasteiger partial charge in [-0.25, -0.2) is 9.18 Å². The fourth-order valence-electron chi connectivity index (χ4n) is 4.33. The molecule has 1 N–H and O–H groups in total. The van der Waals surface area contributed by atoms with Crippen molar-refractivity contribution in [1.82, 2.24) is 10.2 Å². The predicted molar refractivity (Wildman–Crippen MR) is 139 cm³/mol. The Hall–Kier alpha value is -3.82. The smallest absolute Gasteiger partial charge is 0.416 e. The van der Waals surface area contributed by atoms with Crippen molar-refractivity contribution in [2.24, 2.45) is 5.92 Å². The quantitative estimate of drug-likeness (QED) is 0.273. The number of carbonyl (C=O) groups is 2. The van der Waals surface area contributed by atoms with Crippen molar-refractivity contribution in [2.75, 3.05) is 20.3 Å². The standard InChI is InChI=1S/C29H32F4N2O4/c1-4-35(28(37)34-17-19-6-10-23(30)11-7-19)18-21-16-22(29(31,32)33)9-12-24(21)25-14-20(8-13-26(25)38-3)15-27(36)39-5-2/h6-7,9-14,16,20H,4-5,8,15,17-18H2,1-3H3,(H,34,37). The third kappa shape index (κ3) is 8.08. The number of hydrogen-bond acceptors (Lipinski definition) is 4. The van der Waals surface area contributed by atoms with Crippen LogP contribution >= 0.6 is 0 Å². The van der Waals surface area contributed by atoms with Gasteiger partial charge in [0.2, 0.25) is 0 Å². The van der Waals surface area contributed by atoms with Gasteiger partial charge in [-0.15, -0.1) is 0 Å². The number of carbonyl (C=O) groups excluding carboxylic acids is 2. The minimum Gasteiger partial charge on any atom is -0.496 e.